The van der Waals surface area contributed by atoms with Crippen molar-refractivity contribution in [2.24, 2.45) is 5.16 Å². The van der Waals surface area contributed by atoms with Crippen LogP contribution < -0.4 is 0 Å². The maximum atomic E-state index is 13.7. The lowest BCUT2D eigenvalue weighted by Gasteiger charge is -2.45. The predicted molar refractivity (Wildman–Crippen MR) is 68.8 cm³/mol. The van der Waals surface area contributed by atoms with Crippen LogP contribution in [0.1, 0.15) is 18.4 Å². The number of hydrogen-bond acceptors (Lipinski definition) is 4. The van der Waals surface area contributed by atoms with E-state index in [4.69, 9.17) is 9.94 Å². The molecule has 4 nitrogen and oxygen atoms in total. The molecule has 1 N–H and O–H groups in total. The number of benzene rings is 1. The third-order valence-electron chi connectivity index (χ3n) is 3.95. The van der Waals surface area contributed by atoms with E-state index in [1.807, 2.05) is 12.1 Å². The van der Waals surface area contributed by atoms with Crippen LogP contribution in [0.5, 0.6) is 0 Å². The molecule has 3 rings (SSSR count). The zero-order chi connectivity index (χ0) is 13.2. The van der Waals surface area contributed by atoms with Gasteiger partial charge in [0, 0.05) is 37.0 Å². The van der Waals surface area contributed by atoms with Crippen LogP contribution in [0.3, 0.4) is 0 Å². The minimum Gasteiger partial charge on any atom is -0.411 e. The topological polar surface area (TPSA) is 45.1 Å². The fourth-order valence-electron chi connectivity index (χ4n) is 2.97. The first kappa shape index (κ1) is 12.6. The van der Waals surface area contributed by atoms with Crippen LogP contribution in [0.25, 0.3) is 0 Å². The summed E-state index contributed by atoms with van der Waals surface area (Å²) in [4.78, 5) is 2.27. The van der Waals surface area contributed by atoms with Crippen LogP contribution in [0.4, 0.5) is 4.39 Å². The van der Waals surface area contributed by atoms with E-state index in [1.54, 1.807) is 6.07 Å². The van der Waals surface area contributed by atoms with Crippen molar-refractivity contribution in [2.45, 2.75) is 31.5 Å². The van der Waals surface area contributed by atoms with Crippen molar-refractivity contribution in [3.63, 3.8) is 0 Å². The summed E-state index contributed by atoms with van der Waals surface area (Å²) in [5.41, 5.74) is 1.53. The molecule has 19 heavy (non-hydrogen) atoms. The van der Waals surface area contributed by atoms with Gasteiger partial charge in [-0.1, -0.05) is 23.4 Å². The quantitative estimate of drug-likeness (QED) is 0.656. The molecule has 5 heteroatoms. The summed E-state index contributed by atoms with van der Waals surface area (Å²) in [7, 11) is 0. The molecule has 2 aliphatic rings. The molecule has 0 aliphatic carbocycles. The van der Waals surface area contributed by atoms with Crippen LogP contribution in [-0.4, -0.2) is 41.1 Å². The number of oxime groups is 1. The van der Waals surface area contributed by atoms with Crippen LogP contribution in [0, 0.1) is 5.82 Å². The Bertz CT molecular complexity index is 476. The van der Waals surface area contributed by atoms with E-state index in [9.17, 15) is 4.39 Å². The molecule has 102 valence electrons. The Kier molecular flexibility index (Phi) is 3.48. The van der Waals surface area contributed by atoms with E-state index in [0.717, 1.165) is 5.71 Å². The zero-order valence-electron chi connectivity index (χ0n) is 10.6. The van der Waals surface area contributed by atoms with Gasteiger partial charge in [-0.2, -0.15) is 0 Å². The lowest BCUT2D eigenvalue weighted by Crippen LogP contribution is -2.56. The summed E-state index contributed by atoms with van der Waals surface area (Å²) >= 11 is 0. The highest BCUT2D eigenvalue weighted by Gasteiger charge is 2.37. The van der Waals surface area contributed by atoms with Gasteiger partial charge in [-0.3, -0.25) is 4.90 Å². The molecule has 0 spiro atoms. The minimum absolute atomic E-state index is 0.164. The highest BCUT2D eigenvalue weighted by Crippen LogP contribution is 2.28. The van der Waals surface area contributed by atoms with Crippen LogP contribution in [-0.2, 0) is 11.3 Å². The SMILES string of the molecule is ON=C1CC2COCC(C1)N2Cc1ccccc1F. The summed E-state index contributed by atoms with van der Waals surface area (Å²) in [6.07, 6.45) is 1.39. The number of halogens is 1. The lowest BCUT2D eigenvalue weighted by molar-refractivity contribution is -0.0578. The van der Waals surface area contributed by atoms with Gasteiger partial charge in [0.25, 0.3) is 0 Å². The second-order valence-electron chi connectivity index (χ2n) is 5.18. The number of ether oxygens (including phenoxy) is 1. The van der Waals surface area contributed by atoms with Crippen molar-refractivity contribution in [3.8, 4) is 0 Å². The van der Waals surface area contributed by atoms with Gasteiger partial charge in [0.2, 0.25) is 0 Å². The van der Waals surface area contributed by atoms with Crippen LogP contribution >= 0.6 is 0 Å². The first-order chi connectivity index (χ1) is 9.28. The molecule has 0 saturated carbocycles. The molecule has 0 aromatic heterocycles. The normalized spacial score (nSPS) is 27.3. The smallest absolute Gasteiger partial charge is 0.127 e. The molecule has 2 saturated heterocycles. The number of fused-ring (bicyclic) bond motifs is 2. The highest BCUT2D eigenvalue weighted by molar-refractivity contribution is 5.86. The molecular weight excluding hydrogens is 247 g/mol. The van der Waals surface area contributed by atoms with E-state index in [-0.39, 0.29) is 17.9 Å². The van der Waals surface area contributed by atoms with E-state index in [0.29, 0.717) is 38.2 Å². The fraction of sp³-hybridized carbons (Fsp3) is 0.500. The molecule has 2 bridgehead atoms. The Labute approximate surface area is 111 Å². The van der Waals surface area contributed by atoms with E-state index < -0.39 is 0 Å². The maximum absolute atomic E-state index is 13.7. The lowest BCUT2D eigenvalue weighted by atomic mass is 9.92. The summed E-state index contributed by atoms with van der Waals surface area (Å²) in [6.45, 7) is 1.82. The third kappa shape index (κ3) is 2.48. The minimum atomic E-state index is -0.164. The molecule has 2 fully saturated rings. The van der Waals surface area contributed by atoms with Crippen molar-refractivity contribution in [1.82, 2.24) is 4.90 Å². The summed E-state index contributed by atoms with van der Waals surface area (Å²) < 4.78 is 19.3. The molecule has 2 heterocycles. The Morgan fingerprint density at radius 3 is 2.58 bits per heavy atom. The van der Waals surface area contributed by atoms with E-state index in [1.165, 1.54) is 6.07 Å². The summed E-state index contributed by atoms with van der Waals surface area (Å²) in [5, 5.41) is 12.3. The number of nitrogens with zero attached hydrogens (tertiary/aromatic N) is 2. The second-order valence-corrected chi connectivity index (χ2v) is 5.18. The average molecular weight is 264 g/mol. The molecule has 2 aliphatic heterocycles. The number of rotatable bonds is 2. The predicted octanol–water partition coefficient (Wildman–Crippen LogP) is 2.02. The largest absolute Gasteiger partial charge is 0.411 e. The van der Waals surface area contributed by atoms with Gasteiger partial charge in [-0.15, -0.1) is 0 Å². The van der Waals surface area contributed by atoms with Crippen molar-refractivity contribution in [3.05, 3.63) is 35.6 Å². The monoisotopic (exact) mass is 264 g/mol. The molecule has 1 aromatic rings. The van der Waals surface area contributed by atoms with Crippen LogP contribution in [0.2, 0.25) is 0 Å². The number of hydrogen-bond donors (Lipinski definition) is 1. The molecule has 2 unspecified atom stereocenters. The summed E-state index contributed by atoms with van der Waals surface area (Å²) in [6, 6.07) is 7.23. The molecule has 0 radical (unpaired) electrons. The van der Waals surface area contributed by atoms with Crippen molar-refractivity contribution in [1.29, 1.82) is 0 Å². The van der Waals surface area contributed by atoms with Gasteiger partial charge in [-0.25, -0.2) is 4.39 Å². The summed E-state index contributed by atoms with van der Waals surface area (Å²) in [5.74, 6) is -0.164. The van der Waals surface area contributed by atoms with Gasteiger partial charge in [-0.05, 0) is 6.07 Å². The first-order valence-corrected chi connectivity index (χ1v) is 6.54. The van der Waals surface area contributed by atoms with E-state index in [2.05, 4.69) is 10.1 Å². The standard InChI is InChI=1S/C14H17FN2O2/c15-14-4-2-1-3-10(14)7-17-12-5-11(16-18)6-13(17)9-19-8-12/h1-4,12-13,18H,5-9H2. The highest BCUT2D eigenvalue weighted by atomic mass is 19.1. The Morgan fingerprint density at radius 1 is 1.26 bits per heavy atom. The molecular formula is C14H17FN2O2. The maximum Gasteiger partial charge on any atom is 0.127 e. The number of piperidine rings is 1. The fourth-order valence-corrected chi connectivity index (χ4v) is 2.97. The van der Waals surface area contributed by atoms with Gasteiger partial charge in [0.1, 0.15) is 5.82 Å². The zero-order valence-corrected chi connectivity index (χ0v) is 10.6. The average Bonchev–Trinajstić information content (AvgIpc) is 2.41. The Hall–Kier alpha value is -1.46. The van der Waals surface area contributed by atoms with Crippen molar-refractivity contribution < 1.29 is 14.3 Å². The second kappa shape index (κ2) is 5.27. The van der Waals surface area contributed by atoms with Gasteiger partial charge >= 0.3 is 0 Å². The van der Waals surface area contributed by atoms with Gasteiger partial charge in [0.05, 0.1) is 18.9 Å². The number of morpholine rings is 1. The first-order valence-electron chi connectivity index (χ1n) is 6.54. The Balaban J connectivity index is 1.79. The van der Waals surface area contributed by atoms with Crippen molar-refractivity contribution >= 4 is 5.71 Å². The van der Waals surface area contributed by atoms with Crippen LogP contribution in [0.15, 0.2) is 29.4 Å². The van der Waals surface area contributed by atoms with Gasteiger partial charge < -0.3 is 9.94 Å². The van der Waals surface area contributed by atoms with Crippen molar-refractivity contribution in [2.75, 3.05) is 13.2 Å². The van der Waals surface area contributed by atoms with E-state index >= 15 is 0 Å². The van der Waals surface area contributed by atoms with Gasteiger partial charge in [0.15, 0.2) is 0 Å². The Morgan fingerprint density at radius 2 is 1.95 bits per heavy atom. The molecule has 0 amide bonds. The molecule has 2 atom stereocenters. The third-order valence-corrected chi connectivity index (χ3v) is 3.95. The molecule has 1 aromatic carbocycles.